The van der Waals surface area contributed by atoms with Crippen LogP contribution < -0.4 is 10.6 Å². The summed E-state index contributed by atoms with van der Waals surface area (Å²) >= 11 is 0. The SMILES string of the molecule is CCNC(=NCc1c(C)noc1C)NC1CCN(C2CCCC2)C1.I. The molecule has 2 fully saturated rings. The minimum atomic E-state index is 0. The highest BCUT2D eigenvalue weighted by Crippen LogP contribution is 2.26. The summed E-state index contributed by atoms with van der Waals surface area (Å²) in [6, 6.07) is 1.31. The van der Waals surface area contributed by atoms with Crippen LogP contribution in [0.4, 0.5) is 0 Å². The Balaban J connectivity index is 0.00000225. The number of hydrogen-bond donors (Lipinski definition) is 2. The number of likely N-dealkylation sites (tertiary alicyclic amines) is 1. The Kier molecular flexibility index (Phi) is 7.99. The van der Waals surface area contributed by atoms with Gasteiger partial charge in [-0.15, -0.1) is 24.0 Å². The second-order valence-corrected chi connectivity index (χ2v) is 7.06. The fraction of sp³-hybridized carbons (Fsp3) is 0.778. The van der Waals surface area contributed by atoms with Crippen LogP contribution in [0.1, 0.15) is 56.0 Å². The van der Waals surface area contributed by atoms with E-state index in [4.69, 9.17) is 9.52 Å². The molecule has 1 aliphatic heterocycles. The molecular formula is C18H32IN5O. The molecule has 1 aliphatic carbocycles. The maximum atomic E-state index is 5.23. The van der Waals surface area contributed by atoms with E-state index in [-0.39, 0.29) is 24.0 Å². The third-order valence-electron chi connectivity index (χ3n) is 5.32. The van der Waals surface area contributed by atoms with E-state index in [0.29, 0.717) is 12.6 Å². The zero-order valence-electron chi connectivity index (χ0n) is 15.7. The van der Waals surface area contributed by atoms with Crippen molar-refractivity contribution < 1.29 is 4.52 Å². The predicted octanol–water partition coefficient (Wildman–Crippen LogP) is 2.98. The number of aryl methyl sites for hydroxylation is 2. The summed E-state index contributed by atoms with van der Waals surface area (Å²) in [5.74, 6) is 1.76. The van der Waals surface area contributed by atoms with E-state index in [9.17, 15) is 0 Å². The van der Waals surface area contributed by atoms with Crippen LogP contribution in [0.25, 0.3) is 0 Å². The van der Waals surface area contributed by atoms with Crippen LogP contribution in [0, 0.1) is 13.8 Å². The van der Waals surface area contributed by atoms with E-state index < -0.39 is 0 Å². The van der Waals surface area contributed by atoms with Gasteiger partial charge in [-0.2, -0.15) is 0 Å². The van der Waals surface area contributed by atoms with Crippen LogP contribution in [-0.2, 0) is 6.54 Å². The minimum absolute atomic E-state index is 0. The van der Waals surface area contributed by atoms with Crippen LogP contribution in [0.3, 0.4) is 0 Å². The number of hydrogen-bond acceptors (Lipinski definition) is 4. The van der Waals surface area contributed by atoms with Crippen LogP contribution in [0.2, 0.25) is 0 Å². The molecule has 1 unspecified atom stereocenters. The molecule has 0 radical (unpaired) electrons. The lowest BCUT2D eigenvalue weighted by Crippen LogP contribution is -2.45. The Morgan fingerprint density at radius 1 is 1.28 bits per heavy atom. The van der Waals surface area contributed by atoms with Crippen molar-refractivity contribution in [3.63, 3.8) is 0 Å². The molecule has 1 saturated carbocycles. The molecule has 2 aliphatic rings. The van der Waals surface area contributed by atoms with Gasteiger partial charge in [-0.05, 0) is 40.0 Å². The predicted molar refractivity (Wildman–Crippen MR) is 112 cm³/mol. The van der Waals surface area contributed by atoms with Crippen molar-refractivity contribution in [2.75, 3.05) is 19.6 Å². The number of nitrogens with zero attached hydrogens (tertiary/aromatic N) is 3. The van der Waals surface area contributed by atoms with Crippen molar-refractivity contribution in [1.82, 2.24) is 20.7 Å². The van der Waals surface area contributed by atoms with Gasteiger partial charge in [0.05, 0.1) is 12.2 Å². The molecule has 0 spiro atoms. The Hall–Kier alpha value is -0.830. The van der Waals surface area contributed by atoms with Gasteiger partial charge in [0.2, 0.25) is 0 Å². The van der Waals surface area contributed by atoms with Crippen LogP contribution in [-0.4, -0.2) is 47.7 Å². The molecule has 3 rings (SSSR count). The van der Waals surface area contributed by atoms with Gasteiger partial charge in [-0.3, -0.25) is 4.90 Å². The molecule has 0 bridgehead atoms. The topological polar surface area (TPSA) is 65.7 Å². The first-order chi connectivity index (χ1) is 11.7. The number of nitrogens with one attached hydrogen (secondary N) is 2. The van der Waals surface area contributed by atoms with Crippen LogP contribution >= 0.6 is 24.0 Å². The zero-order chi connectivity index (χ0) is 16.9. The molecule has 25 heavy (non-hydrogen) atoms. The fourth-order valence-corrected chi connectivity index (χ4v) is 3.91. The maximum absolute atomic E-state index is 5.23. The average molecular weight is 461 g/mol. The molecule has 1 aromatic rings. The fourth-order valence-electron chi connectivity index (χ4n) is 3.91. The Bertz CT molecular complexity index is 548. The minimum Gasteiger partial charge on any atom is -0.361 e. The van der Waals surface area contributed by atoms with Crippen molar-refractivity contribution >= 4 is 29.9 Å². The standard InChI is InChI=1S/C18H31N5O.HI/c1-4-19-18(20-11-17-13(2)22-24-14(17)3)21-15-9-10-23(12-15)16-7-5-6-8-16;/h15-16H,4-12H2,1-3H3,(H2,19,20,21);1H. The lowest BCUT2D eigenvalue weighted by molar-refractivity contribution is 0.242. The summed E-state index contributed by atoms with van der Waals surface area (Å²) in [4.78, 5) is 7.41. The molecule has 7 heteroatoms. The monoisotopic (exact) mass is 461 g/mol. The Labute approximate surface area is 168 Å². The van der Waals surface area contributed by atoms with Gasteiger partial charge in [-0.1, -0.05) is 18.0 Å². The lowest BCUT2D eigenvalue weighted by atomic mass is 10.2. The number of halogens is 1. The molecule has 1 aromatic heterocycles. The highest BCUT2D eigenvalue weighted by Gasteiger charge is 2.30. The first-order valence-electron chi connectivity index (χ1n) is 9.38. The summed E-state index contributed by atoms with van der Waals surface area (Å²) < 4.78 is 5.23. The van der Waals surface area contributed by atoms with E-state index in [0.717, 1.165) is 42.1 Å². The third kappa shape index (κ3) is 5.32. The molecular weight excluding hydrogens is 429 g/mol. The molecule has 0 amide bonds. The molecule has 2 heterocycles. The Morgan fingerprint density at radius 3 is 2.68 bits per heavy atom. The quantitative estimate of drug-likeness (QED) is 0.401. The van der Waals surface area contributed by atoms with Crippen molar-refractivity contribution in [3.8, 4) is 0 Å². The summed E-state index contributed by atoms with van der Waals surface area (Å²) in [6.07, 6.45) is 6.77. The van der Waals surface area contributed by atoms with Crippen molar-refractivity contribution in [3.05, 3.63) is 17.0 Å². The van der Waals surface area contributed by atoms with E-state index in [2.05, 4.69) is 27.6 Å². The summed E-state index contributed by atoms with van der Waals surface area (Å²) in [6.45, 7) is 9.85. The van der Waals surface area contributed by atoms with Gasteiger partial charge in [-0.25, -0.2) is 4.99 Å². The highest BCUT2D eigenvalue weighted by molar-refractivity contribution is 14.0. The van der Waals surface area contributed by atoms with Crippen molar-refractivity contribution in [1.29, 1.82) is 0 Å². The second-order valence-electron chi connectivity index (χ2n) is 7.06. The maximum Gasteiger partial charge on any atom is 0.191 e. The molecule has 1 atom stereocenters. The first-order valence-corrected chi connectivity index (χ1v) is 9.38. The van der Waals surface area contributed by atoms with Gasteiger partial charge in [0.15, 0.2) is 5.96 Å². The number of guanidine groups is 1. The van der Waals surface area contributed by atoms with Crippen molar-refractivity contribution in [2.24, 2.45) is 4.99 Å². The summed E-state index contributed by atoms with van der Waals surface area (Å²) in [7, 11) is 0. The second kappa shape index (κ2) is 9.75. The van der Waals surface area contributed by atoms with Gasteiger partial charge < -0.3 is 15.2 Å². The van der Waals surface area contributed by atoms with Gasteiger partial charge in [0.1, 0.15) is 5.76 Å². The van der Waals surface area contributed by atoms with Crippen molar-refractivity contribution in [2.45, 2.75) is 71.5 Å². The van der Waals surface area contributed by atoms with E-state index in [1.54, 1.807) is 0 Å². The van der Waals surface area contributed by atoms with Crippen LogP contribution in [0.5, 0.6) is 0 Å². The average Bonchev–Trinajstić information content (AvgIpc) is 3.28. The number of aromatic nitrogens is 1. The van der Waals surface area contributed by atoms with Gasteiger partial charge in [0.25, 0.3) is 0 Å². The Morgan fingerprint density at radius 2 is 2.04 bits per heavy atom. The molecule has 0 aromatic carbocycles. The molecule has 1 saturated heterocycles. The summed E-state index contributed by atoms with van der Waals surface area (Å²) in [5, 5.41) is 11.0. The van der Waals surface area contributed by atoms with Gasteiger partial charge >= 0.3 is 0 Å². The highest BCUT2D eigenvalue weighted by atomic mass is 127. The lowest BCUT2D eigenvalue weighted by Gasteiger charge is -2.24. The third-order valence-corrected chi connectivity index (χ3v) is 5.32. The summed E-state index contributed by atoms with van der Waals surface area (Å²) in [5.41, 5.74) is 2.02. The molecule has 142 valence electrons. The largest absolute Gasteiger partial charge is 0.361 e. The van der Waals surface area contributed by atoms with E-state index >= 15 is 0 Å². The van der Waals surface area contributed by atoms with Crippen LogP contribution in [0.15, 0.2) is 9.52 Å². The molecule has 6 nitrogen and oxygen atoms in total. The smallest absolute Gasteiger partial charge is 0.191 e. The van der Waals surface area contributed by atoms with E-state index in [1.165, 1.54) is 38.6 Å². The number of rotatable bonds is 5. The normalized spacial score (nSPS) is 22.2. The van der Waals surface area contributed by atoms with E-state index in [1.807, 2.05) is 13.8 Å². The number of aliphatic imine (C=N–C) groups is 1. The molecule has 2 N–H and O–H groups in total. The zero-order valence-corrected chi connectivity index (χ0v) is 18.0. The first kappa shape index (κ1) is 20.5. The van der Waals surface area contributed by atoms with Gasteiger partial charge in [0, 0.05) is 37.3 Å².